The Kier molecular flexibility index (Phi) is 1.69. The molecule has 0 aliphatic heterocycles. The molecular formula is C11H13Cl. The molecule has 0 atom stereocenters. The van der Waals surface area contributed by atoms with Crippen molar-refractivity contribution < 1.29 is 0 Å². The minimum atomic E-state index is 0.394. The molecule has 0 amide bonds. The maximum Gasteiger partial charge on any atom is 0.0446 e. The van der Waals surface area contributed by atoms with Gasteiger partial charge < -0.3 is 0 Å². The van der Waals surface area contributed by atoms with Crippen LogP contribution in [0.25, 0.3) is 0 Å². The lowest BCUT2D eigenvalue weighted by Crippen LogP contribution is -2.00. The number of benzene rings is 1. The first-order valence-corrected chi connectivity index (χ1v) is 4.76. The van der Waals surface area contributed by atoms with Crippen molar-refractivity contribution in [2.24, 2.45) is 0 Å². The van der Waals surface area contributed by atoms with Gasteiger partial charge in [-0.15, -0.1) is 0 Å². The number of hydrogen-bond acceptors (Lipinski definition) is 0. The summed E-state index contributed by atoms with van der Waals surface area (Å²) in [6.07, 6.45) is 2.57. The summed E-state index contributed by atoms with van der Waals surface area (Å²) in [5.41, 5.74) is 2.97. The van der Waals surface area contributed by atoms with Gasteiger partial charge in [0, 0.05) is 5.02 Å². The summed E-state index contributed by atoms with van der Waals surface area (Å²) in [4.78, 5) is 0. The van der Waals surface area contributed by atoms with Gasteiger partial charge in [-0.3, -0.25) is 0 Å². The van der Waals surface area contributed by atoms with Gasteiger partial charge in [0.1, 0.15) is 0 Å². The summed E-state index contributed by atoms with van der Waals surface area (Å²) in [6, 6.07) is 6.37. The summed E-state index contributed by atoms with van der Waals surface area (Å²) in [5, 5.41) is 0.940. The summed E-state index contributed by atoms with van der Waals surface area (Å²) in [5.74, 6) is 0. The smallest absolute Gasteiger partial charge is 0.0446 e. The summed E-state index contributed by atoms with van der Waals surface area (Å²) >= 11 is 6.15. The van der Waals surface area contributed by atoms with Crippen molar-refractivity contribution in [2.45, 2.75) is 32.1 Å². The van der Waals surface area contributed by atoms with E-state index in [9.17, 15) is 0 Å². The third-order valence-electron chi connectivity index (χ3n) is 2.77. The van der Waals surface area contributed by atoms with Crippen LogP contribution in [-0.4, -0.2) is 0 Å². The number of hydrogen-bond donors (Lipinski definition) is 0. The topological polar surface area (TPSA) is 0 Å². The normalized spacial score (nSPS) is 19.2. The molecule has 1 fully saturated rings. The van der Waals surface area contributed by atoms with E-state index in [1.165, 1.54) is 24.0 Å². The molecule has 64 valence electrons. The molecule has 1 aromatic rings. The van der Waals surface area contributed by atoms with Crippen LogP contribution in [0.15, 0.2) is 18.2 Å². The Morgan fingerprint density at radius 2 is 2.00 bits per heavy atom. The second-order valence-corrected chi connectivity index (χ2v) is 4.45. The van der Waals surface area contributed by atoms with E-state index in [-0.39, 0.29) is 0 Å². The van der Waals surface area contributed by atoms with Crippen LogP contribution in [0.4, 0.5) is 0 Å². The van der Waals surface area contributed by atoms with E-state index in [0.717, 1.165) is 5.02 Å². The van der Waals surface area contributed by atoms with Gasteiger partial charge in [0.05, 0.1) is 0 Å². The van der Waals surface area contributed by atoms with Crippen LogP contribution in [0.3, 0.4) is 0 Å². The molecule has 1 aliphatic rings. The van der Waals surface area contributed by atoms with E-state index in [4.69, 9.17) is 11.6 Å². The molecule has 0 radical (unpaired) electrons. The summed E-state index contributed by atoms with van der Waals surface area (Å²) in [6.45, 7) is 4.36. The van der Waals surface area contributed by atoms with Gasteiger partial charge in [-0.2, -0.15) is 0 Å². The highest BCUT2D eigenvalue weighted by atomic mass is 35.5. The van der Waals surface area contributed by atoms with Crippen LogP contribution in [0, 0.1) is 6.92 Å². The molecule has 0 unspecified atom stereocenters. The molecule has 12 heavy (non-hydrogen) atoms. The minimum Gasteiger partial charge on any atom is -0.0840 e. The SMILES string of the molecule is Cc1ccc(C2(C)CC2)c(Cl)c1. The van der Waals surface area contributed by atoms with Gasteiger partial charge in [0.2, 0.25) is 0 Å². The molecule has 0 N–H and O–H groups in total. The molecule has 0 saturated heterocycles. The van der Waals surface area contributed by atoms with Crippen molar-refractivity contribution in [3.05, 3.63) is 34.3 Å². The zero-order chi connectivity index (χ0) is 8.77. The van der Waals surface area contributed by atoms with Gasteiger partial charge >= 0.3 is 0 Å². The number of rotatable bonds is 1. The van der Waals surface area contributed by atoms with Gasteiger partial charge in [0.15, 0.2) is 0 Å². The maximum atomic E-state index is 6.15. The van der Waals surface area contributed by atoms with Crippen LogP contribution >= 0.6 is 11.6 Å². The molecule has 1 aliphatic carbocycles. The number of halogens is 1. The lowest BCUT2D eigenvalue weighted by molar-refractivity contribution is 0.788. The van der Waals surface area contributed by atoms with E-state index in [2.05, 4.69) is 32.0 Å². The molecule has 0 spiro atoms. The first kappa shape index (κ1) is 8.12. The van der Waals surface area contributed by atoms with Gasteiger partial charge in [-0.05, 0) is 42.4 Å². The maximum absolute atomic E-state index is 6.15. The fourth-order valence-corrected chi connectivity index (χ4v) is 2.03. The lowest BCUT2D eigenvalue weighted by Gasteiger charge is -2.11. The summed E-state index contributed by atoms with van der Waals surface area (Å²) in [7, 11) is 0. The Hall–Kier alpha value is -0.490. The first-order chi connectivity index (χ1) is 5.62. The zero-order valence-electron chi connectivity index (χ0n) is 7.52. The van der Waals surface area contributed by atoms with Gasteiger partial charge in [0.25, 0.3) is 0 Å². The zero-order valence-corrected chi connectivity index (χ0v) is 8.28. The molecule has 0 bridgehead atoms. The molecule has 1 heteroatoms. The van der Waals surface area contributed by atoms with E-state index in [1.54, 1.807) is 0 Å². The average Bonchev–Trinajstić information content (AvgIpc) is 2.68. The Balaban J connectivity index is 2.45. The lowest BCUT2D eigenvalue weighted by atomic mass is 9.97. The van der Waals surface area contributed by atoms with Crippen LogP contribution in [-0.2, 0) is 5.41 Å². The van der Waals surface area contributed by atoms with Crippen molar-refractivity contribution in [3.63, 3.8) is 0 Å². The Morgan fingerprint density at radius 3 is 2.50 bits per heavy atom. The fraction of sp³-hybridized carbons (Fsp3) is 0.455. The predicted molar refractivity (Wildman–Crippen MR) is 52.8 cm³/mol. The van der Waals surface area contributed by atoms with Crippen molar-refractivity contribution in [2.75, 3.05) is 0 Å². The molecule has 1 saturated carbocycles. The van der Waals surface area contributed by atoms with Crippen molar-refractivity contribution in [1.82, 2.24) is 0 Å². The second-order valence-electron chi connectivity index (χ2n) is 4.04. The molecule has 2 rings (SSSR count). The highest BCUT2D eigenvalue weighted by Gasteiger charge is 2.40. The van der Waals surface area contributed by atoms with Crippen LogP contribution in [0.5, 0.6) is 0 Å². The van der Waals surface area contributed by atoms with Gasteiger partial charge in [-0.25, -0.2) is 0 Å². The van der Waals surface area contributed by atoms with Crippen molar-refractivity contribution >= 4 is 11.6 Å². The van der Waals surface area contributed by atoms with E-state index >= 15 is 0 Å². The van der Waals surface area contributed by atoms with E-state index in [1.807, 2.05) is 0 Å². The van der Waals surface area contributed by atoms with Crippen molar-refractivity contribution in [1.29, 1.82) is 0 Å². The third-order valence-corrected chi connectivity index (χ3v) is 3.09. The highest BCUT2D eigenvalue weighted by Crippen LogP contribution is 2.49. The second kappa shape index (κ2) is 2.50. The standard InChI is InChI=1S/C11H13Cl/c1-8-3-4-9(10(12)7-8)11(2)5-6-11/h3-4,7H,5-6H2,1-2H3. The van der Waals surface area contributed by atoms with Gasteiger partial charge in [-0.1, -0.05) is 30.7 Å². The molecule has 0 nitrogen and oxygen atoms in total. The Bertz CT molecular complexity index is 311. The van der Waals surface area contributed by atoms with Crippen LogP contribution in [0.2, 0.25) is 5.02 Å². The molecular weight excluding hydrogens is 168 g/mol. The first-order valence-electron chi connectivity index (χ1n) is 4.38. The van der Waals surface area contributed by atoms with Crippen LogP contribution in [0.1, 0.15) is 30.9 Å². The Labute approximate surface area is 78.6 Å². The van der Waals surface area contributed by atoms with Crippen molar-refractivity contribution in [3.8, 4) is 0 Å². The monoisotopic (exact) mass is 180 g/mol. The largest absolute Gasteiger partial charge is 0.0840 e. The molecule has 0 heterocycles. The predicted octanol–water partition coefficient (Wildman–Crippen LogP) is 3.70. The van der Waals surface area contributed by atoms with E-state index in [0.29, 0.717) is 5.41 Å². The number of aryl methyl sites for hydroxylation is 1. The Morgan fingerprint density at radius 1 is 1.33 bits per heavy atom. The molecule has 1 aromatic carbocycles. The van der Waals surface area contributed by atoms with Crippen LogP contribution < -0.4 is 0 Å². The average molecular weight is 181 g/mol. The summed E-state index contributed by atoms with van der Waals surface area (Å²) < 4.78 is 0. The fourth-order valence-electron chi connectivity index (χ4n) is 1.57. The van der Waals surface area contributed by atoms with E-state index < -0.39 is 0 Å². The highest BCUT2D eigenvalue weighted by molar-refractivity contribution is 6.31. The molecule has 0 aromatic heterocycles. The third kappa shape index (κ3) is 1.25. The quantitative estimate of drug-likeness (QED) is 0.618. The minimum absolute atomic E-state index is 0.394.